The lowest BCUT2D eigenvalue weighted by molar-refractivity contribution is -0.140. The number of hydrogen-bond acceptors (Lipinski definition) is 6. The van der Waals surface area contributed by atoms with E-state index in [2.05, 4.69) is 17.6 Å². The normalized spacial score (nSPS) is 28.2. The first-order valence-electron chi connectivity index (χ1n) is 16.0. The highest BCUT2D eigenvalue weighted by atomic mass is 19.1. The van der Waals surface area contributed by atoms with Gasteiger partial charge in [0.05, 0.1) is 25.4 Å². The number of hydrogen-bond donors (Lipinski definition) is 3. The van der Waals surface area contributed by atoms with Crippen molar-refractivity contribution in [2.45, 2.75) is 95.0 Å². The molecule has 0 radical (unpaired) electrons. The Hall–Kier alpha value is -3.08. The van der Waals surface area contributed by atoms with Crippen molar-refractivity contribution in [1.82, 2.24) is 15.5 Å². The summed E-state index contributed by atoms with van der Waals surface area (Å²) in [7, 11) is 1.62. The standard InChI is InChI=1S/C34H45F2N3O5/c1-3-4-7-22-11-12-39(34(22)42)30-8-5-6-13-44-32-19-28(27-18-25(43-2)9-10-26(27)32)37-20-31(40)29(38-33(30)41)16-21-14-23(35)17-24(36)15-21/h9-10,14-15,17-18,22,28-32,37,40H,3-8,11-13,16,19-20H2,1-2H3,(H,38,41)/t22?,28-,29-,30-,31+,32+/m0/s1. The van der Waals surface area contributed by atoms with Crippen LogP contribution in [0.15, 0.2) is 36.4 Å². The van der Waals surface area contributed by atoms with Gasteiger partial charge in [-0.3, -0.25) is 9.59 Å². The molecule has 2 saturated heterocycles. The Morgan fingerprint density at radius 1 is 1.07 bits per heavy atom. The summed E-state index contributed by atoms with van der Waals surface area (Å²) in [6, 6.07) is 7.47. The van der Waals surface area contributed by atoms with Gasteiger partial charge in [-0.15, -0.1) is 0 Å². The molecular weight excluding hydrogens is 568 g/mol. The lowest BCUT2D eigenvalue weighted by Crippen LogP contribution is -2.55. The number of halogens is 2. The van der Waals surface area contributed by atoms with E-state index in [1.807, 2.05) is 18.2 Å². The maximum atomic E-state index is 14.1. The number of carbonyl (C=O) groups excluding carboxylic acids is 2. The largest absolute Gasteiger partial charge is 0.497 e. The molecule has 3 aliphatic rings. The lowest BCUT2D eigenvalue weighted by Gasteiger charge is -2.31. The first kappa shape index (κ1) is 32.3. The maximum Gasteiger partial charge on any atom is 0.243 e. The minimum atomic E-state index is -1.09. The molecule has 44 heavy (non-hydrogen) atoms. The van der Waals surface area contributed by atoms with Gasteiger partial charge in [-0.05, 0) is 85.9 Å². The third-order valence-electron chi connectivity index (χ3n) is 9.34. The van der Waals surface area contributed by atoms with Crippen molar-refractivity contribution in [3.63, 3.8) is 0 Å². The molecule has 2 aromatic carbocycles. The van der Waals surface area contributed by atoms with Crippen molar-refractivity contribution in [3.8, 4) is 5.75 Å². The van der Waals surface area contributed by atoms with Crippen LogP contribution in [0.2, 0.25) is 0 Å². The number of carbonyl (C=O) groups is 2. The topological polar surface area (TPSA) is 100 Å². The molecule has 1 aliphatic carbocycles. The van der Waals surface area contributed by atoms with Crippen molar-refractivity contribution in [2.75, 3.05) is 26.8 Å². The van der Waals surface area contributed by atoms with Crippen molar-refractivity contribution in [1.29, 1.82) is 0 Å². The Balaban J connectivity index is 1.41. The van der Waals surface area contributed by atoms with Crippen LogP contribution in [0.5, 0.6) is 5.75 Å². The van der Waals surface area contributed by atoms with Gasteiger partial charge in [0.15, 0.2) is 0 Å². The monoisotopic (exact) mass is 613 g/mol. The van der Waals surface area contributed by atoms with Crippen LogP contribution in [0, 0.1) is 17.6 Å². The summed E-state index contributed by atoms with van der Waals surface area (Å²) < 4.78 is 40.0. The van der Waals surface area contributed by atoms with Crippen LogP contribution in [-0.2, 0) is 20.7 Å². The molecule has 2 aromatic rings. The molecule has 8 nitrogen and oxygen atoms in total. The number of benzene rings is 2. The molecule has 0 spiro atoms. The van der Waals surface area contributed by atoms with Crippen molar-refractivity contribution < 1.29 is 33.0 Å². The molecule has 2 fully saturated rings. The number of ether oxygens (including phenoxy) is 2. The van der Waals surface area contributed by atoms with E-state index in [1.165, 1.54) is 12.1 Å². The van der Waals surface area contributed by atoms with Crippen LogP contribution in [0.25, 0.3) is 0 Å². The summed E-state index contributed by atoms with van der Waals surface area (Å²) in [5, 5.41) is 17.9. The molecule has 6 atom stereocenters. The predicted molar refractivity (Wildman–Crippen MR) is 162 cm³/mol. The average molecular weight is 614 g/mol. The summed E-state index contributed by atoms with van der Waals surface area (Å²) in [5.41, 5.74) is 2.43. The van der Waals surface area contributed by atoms with E-state index in [0.29, 0.717) is 38.0 Å². The van der Waals surface area contributed by atoms with Crippen molar-refractivity contribution >= 4 is 11.8 Å². The smallest absolute Gasteiger partial charge is 0.243 e. The second-order valence-electron chi connectivity index (χ2n) is 12.4. The zero-order valence-corrected chi connectivity index (χ0v) is 25.7. The molecule has 2 bridgehead atoms. The number of methoxy groups -OCH3 is 1. The second kappa shape index (κ2) is 14.8. The van der Waals surface area contributed by atoms with Crippen molar-refractivity contribution in [2.24, 2.45) is 5.92 Å². The van der Waals surface area contributed by atoms with Gasteiger partial charge < -0.3 is 30.1 Å². The van der Waals surface area contributed by atoms with E-state index < -0.39 is 29.8 Å². The van der Waals surface area contributed by atoms with Gasteiger partial charge in [-0.2, -0.15) is 0 Å². The van der Waals surface area contributed by atoms with E-state index >= 15 is 0 Å². The quantitative estimate of drug-likeness (QED) is 0.417. The van der Waals surface area contributed by atoms with Crippen LogP contribution < -0.4 is 15.4 Å². The summed E-state index contributed by atoms with van der Waals surface area (Å²) >= 11 is 0. The van der Waals surface area contributed by atoms with E-state index in [-0.39, 0.29) is 42.8 Å². The number of nitrogens with one attached hydrogen (secondary N) is 2. The number of β-amino-alcohol motifs (C(OH)–C–C–N with tert-alkyl or cyclic N) is 1. The molecule has 240 valence electrons. The molecular formula is C34H45F2N3O5. The number of likely N-dealkylation sites (tertiary alicyclic amines) is 1. The molecule has 2 aliphatic heterocycles. The summed E-state index contributed by atoms with van der Waals surface area (Å²) in [4.78, 5) is 29.0. The Bertz CT molecular complexity index is 1290. The molecule has 1 unspecified atom stereocenters. The molecule has 5 rings (SSSR count). The van der Waals surface area contributed by atoms with Gasteiger partial charge >= 0.3 is 0 Å². The van der Waals surface area contributed by atoms with Crippen molar-refractivity contribution in [3.05, 3.63) is 64.7 Å². The fourth-order valence-electron chi connectivity index (χ4n) is 6.93. The van der Waals surface area contributed by atoms with E-state index in [4.69, 9.17) is 9.47 Å². The molecule has 10 heteroatoms. The summed E-state index contributed by atoms with van der Waals surface area (Å²) in [6.07, 6.45) is 4.82. The fourth-order valence-corrected chi connectivity index (χ4v) is 6.93. The average Bonchev–Trinajstić information content (AvgIpc) is 3.53. The Labute approximate surface area is 258 Å². The first-order valence-corrected chi connectivity index (χ1v) is 16.0. The molecule has 0 saturated carbocycles. The van der Waals surface area contributed by atoms with Crippen LogP contribution in [0.3, 0.4) is 0 Å². The van der Waals surface area contributed by atoms with Gasteiger partial charge in [0.1, 0.15) is 23.4 Å². The Kier molecular flexibility index (Phi) is 10.9. The highest BCUT2D eigenvalue weighted by Gasteiger charge is 2.40. The number of fused-ring (bicyclic) bond motifs is 5. The highest BCUT2D eigenvalue weighted by Crippen LogP contribution is 2.42. The fraction of sp³-hybridized carbons (Fsp3) is 0.588. The van der Waals surface area contributed by atoms with Gasteiger partial charge in [0, 0.05) is 37.7 Å². The van der Waals surface area contributed by atoms with Crippen LogP contribution >= 0.6 is 0 Å². The SMILES string of the molecule is CCCCC1CCN([C@H]2CCCCO[C@@H]3C[C@H](NC[C@@H](O)[C@H](Cc4cc(F)cc(F)c4)NC2=O)c2cc(OC)ccc23)C1=O. The Morgan fingerprint density at radius 3 is 2.61 bits per heavy atom. The zero-order valence-electron chi connectivity index (χ0n) is 25.7. The number of aliphatic hydroxyl groups is 1. The highest BCUT2D eigenvalue weighted by molar-refractivity contribution is 5.89. The van der Waals surface area contributed by atoms with Crippen LogP contribution in [0.4, 0.5) is 8.78 Å². The van der Waals surface area contributed by atoms with Gasteiger partial charge in [-0.25, -0.2) is 8.78 Å². The minimum Gasteiger partial charge on any atom is -0.497 e. The summed E-state index contributed by atoms with van der Waals surface area (Å²) in [5.74, 6) is -1.16. The van der Waals surface area contributed by atoms with Gasteiger partial charge in [-0.1, -0.05) is 25.8 Å². The molecule has 3 N–H and O–H groups in total. The van der Waals surface area contributed by atoms with E-state index in [9.17, 15) is 23.5 Å². The number of amides is 2. The number of rotatable bonds is 7. The minimum absolute atomic E-state index is 0.00285. The summed E-state index contributed by atoms with van der Waals surface area (Å²) in [6.45, 7) is 3.23. The molecule has 0 aromatic heterocycles. The number of nitrogens with zero attached hydrogens (tertiary/aromatic N) is 1. The number of aliphatic hydroxyl groups excluding tert-OH is 1. The Morgan fingerprint density at radius 2 is 1.86 bits per heavy atom. The van der Waals surface area contributed by atoms with E-state index in [0.717, 1.165) is 55.0 Å². The van der Waals surface area contributed by atoms with E-state index in [1.54, 1.807) is 12.0 Å². The maximum absolute atomic E-state index is 14.1. The lowest BCUT2D eigenvalue weighted by atomic mass is 9.98. The molecule has 2 heterocycles. The van der Waals surface area contributed by atoms with Gasteiger partial charge in [0.2, 0.25) is 11.8 Å². The second-order valence-corrected chi connectivity index (χ2v) is 12.4. The van der Waals surface area contributed by atoms with Gasteiger partial charge in [0.25, 0.3) is 0 Å². The zero-order chi connectivity index (χ0) is 31.2. The third kappa shape index (κ3) is 7.58. The molecule has 2 amide bonds. The van der Waals surface area contributed by atoms with Crippen LogP contribution in [-0.4, -0.2) is 66.8 Å². The van der Waals surface area contributed by atoms with Crippen LogP contribution in [0.1, 0.15) is 87.1 Å². The third-order valence-corrected chi connectivity index (χ3v) is 9.34. The predicted octanol–water partition coefficient (Wildman–Crippen LogP) is 4.75. The first-order chi connectivity index (χ1) is 21.3. The number of unbranched alkanes of at least 4 members (excludes halogenated alkanes) is 1.